The molecule has 3 N–H and O–H groups in total. The fourth-order valence-corrected chi connectivity index (χ4v) is 4.73. The number of nitrogens with zero attached hydrogens (tertiary/aromatic N) is 3. The van der Waals surface area contributed by atoms with Crippen LogP contribution in [0.5, 0.6) is 0 Å². The quantitative estimate of drug-likeness (QED) is 0.438. The average Bonchev–Trinajstić information content (AvgIpc) is 2.98. The Balaban J connectivity index is 1.64. The van der Waals surface area contributed by atoms with Gasteiger partial charge in [0.1, 0.15) is 0 Å². The van der Waals surface area contributed by atoms with Crippen molar-refractivity contribution in [1.29, 1.82) is 0 Å². The molecule has 1 aromatic heterocycles. The molecule has 0 saturated carbocycles. The van der Waals surface area contributed by atoms with E-state index in [1.165, 1.54) is 27.2 Å². The Kier molecular flexibility index (Phi) is 6.41. The predicted molar refractivity (Wildman–Crippen MR) is 124 cm³/mol. The van der Waals surface area contributed by atoms with Gasteiger partial charge in [-0.1, -0.05) is 75.0 Å². The van der Waals surface area contributed by atoms with E-state index >= 15 is 0 Å². The predicted octanol–water partition coefficient (Wildman–Crippen LogP) is 4.16. The Bertz CT molecular complexity index is 1030. The van der Waals surface area contributed by atoms with E-state index in [0.29, 0.717) is 17.4 Å². The fraction of sp³-hybridized carbons (Fsp3) is 0.435. The summed E-state index contributed by atoms with van der Waals surface area (Å²) >= 11 is 1.30. The van der Waals surface area contributed by atoms with Gasteiger partial charge in [-0.3, -0.25) is 4.79 Å². The van der Waals surface area contributed by atoms with Crippen LogP contribution in [0.1, 0.15) is 52.4 Å². The summed E-state index contributed by atoms with van der Waals surface area (Å²) in [6.45, 7) is 10.6. The molecule has 0 radical (unpaired) electrons. The molecule has 3 aromatic rings. The molecule has 0 aliphatic rings. The number of nitrogens with one attached hydrogen (secondary N) is 1. The number of carbonyl (C=O) groups is 1. The van der Waals surface area contributed by atoms with Gasteiger partial charge >= 0.3 is 0 Å². The highest BCUT2D eigenvalue weighted by Gasteiger charge is 2.27. The minimum absolute atomic E-state index is 0.0344. The lowest BCUT2D eigenvalue weighted by atomic mass is 9.82. The second kappa shape index (κ2) is 8.68. The first-order valence-corrected chi connectivity index (χ1v) is 11.1. The van der Waals surface area contributed by atoms with Crippen molar-refractivity contribution in [3.63, 3.8) is 0 Å². The minimum Gasteiger partial charge on any atom is -0.350 e. The minimum atomic E-state index is -0.272. The summed E-state index contributed by atoms with van der Waals surface area (Å²) in [7, 11) is 0. The van der Waals surface area contributed by atoms with E-state index in [1.807, 2.05) is 18.2 Å². The van der Waals surface area contributed by atoms with Gasteiger partial charge in [0.2, 0.25) is 11.1 Å². The van der Waals surface area contributed by atoms with Crippen molar-refractivity contribution < 1.29 is 4.79 Å². The van der Waals surface area contributed by atoms with Crippen LogP contribution in [0.4, 0.5) is 0 Å². The van der Waals surface area contributed by atoms with Gasteiger partial charge in [0.25, 0.3) is 0 Å². The Labute approximate surface area is 182 Å². The van der Waals surface area contributed by atoms with Crippen molar-refractivity contribution in [2.45, 2.75) is 58.2 Å². The average molecular weight is 426 g/mol. The van der Waals surface area contributed by atoms with E-state index in [0.717, 1.165) is 12.0 Å². The number of carbonyl (C=O) groups excluding carboxylic acids is 1. The molecule has 0 saturated heterocycles. The maximum absolute atomic E-state index is 12.4. The van der Waals surface area contributed by atoms with Gasteiger partial charge in [-0.05, 0) is 42.0 Å². The zero-order valence-electron chi connectivity index (χ0n) is 18.4. The molecule has 30 heavy (non-hydrogen) atoms. The van der Waals surface area contributed by atoms with Gasteiger partial charge in [0.05, 0.1) is 5.75 Å². The lowest BCUT2D eigenvalue weighted by Crippen LogP contribution is -2.46. The normalized spacial score (nSPS) is 12.3. The van der Waals surface area contributed by atoms with Crippen LogP contribution in [0.3, 0.4) is 0 Å². The molecule has 1 amide bonds. The second-order valence-corrected chi connectivity index (χ2v) is 10.5. The van der Waals surface area contributed by atoms with Crippen LogP contribution < -0.4 is 11.2 Å². The van der Waals surface area contributed by atoms with E-state index in [9.17, 15) is 4.79 Å². The van der Waals surface area contributed by atoms with E-state index in [4.69, 9.17) is 5.84 Å². The Morgan fingerprint density at radius 1 is 1.07 bits per heavy atom. The molecule has 0 spiro atoms. The van der Waals surface area contributed by atoms with Crippen LogP contribution in [0.25, 0.3) is 10.8 Å². The first-order chi connectivity index (χ1) is 14.0. The van der Waals surface area contributed by atoms with Crippen molar-refractivity contribution in [3.8, 4) is 0 Å². The van der Waals surface area contributed by atoms with E-state index in [2.05, 4.69) is 74.4 Å². The number of hydrogen-bond donors (Lipinski definition) is 2. The molecule has 2 aromatic carbocycles. The largest absolute Gasteiger partial charge is 0.350 e. The number of nitrogens with two attached hydrogens (primary N) is 1. The summed E-state index contributed by atoms with van der Waals surface area (Å²) in [4.78, 5) is 12.4. The highest BCUT2D eigenvalue weighted by Crippen LogP contribution is 2.27. The number of hydrogen-bond acceptors (Lipinski definition) is 5. The Morgan fingerprint density at radius 3 is 2.50 bits per heavy atom. The van der Waals surface area contributed by atoms with Gasteiger partial charge in [-0.25, -0.2) is 4.68 Å². The summed E-state index contributed by atoms with van der Waals surface area (Å²) in [6.07, 6.45) is 1.47. The number of amides is 1. The number of thioether (sulfide) groups is 1. The van der Waals surface area contributed by atoms with Crippen molar-refractivity contribution in [2.24, 2.45) is 5.41 Å². The molecule has 0 bridgehead atoms. The third-order valence-electron chi connectivity index (χ3n) is 4.75. The van der Waals surface area contributed by atoms with Crippen molar-refractivity contribution in [2.75, 3.05) is 11.6 Å². The fourth-order valence-electron chi connectivity index (χ4n) is 4.06. The van der Waals surface area contributed by atoms with Crippen LogP contribution in [-0.2, 0) is 11.2 Å². The number of nitrogen functional groups attached to an aromatic ring is 1. The van der Waals surface area contributed by atoms with Gasteiger partial charge in [0, 0.05) is 12.0 Å². The highest BCUT2D eigenvalue weighted by molar-refractivity contribution is 7.99. The highest BCUT2D eigenvalue weighted by atomic mass is 32.2. The van der Waals surface area contributed by atoms with Crippen LogP contribution >= 0.6 is 11.8 Å². The number of benzene rings is 2. The summed E-state index contributed by atoms with van der Waals surface area (Å²) in [5.74, 6) is 7.11. The van der Waals surface area contributed by atoms with E-state index in [1.54, 1.807) is 0 Å². The molecule has 0 fully saturated rings. The topological polar surface area (TPSA) is 85.8 Å². The third-order valence-corrected chi connectivity index (χ3v) is 5.69. The van der Waals surface area contributed by atoms with Crippen molar-refractivity contribution in [1.82, 2.24) is 20.2 Å². The van der Waals surface area contributed by atoms with Gasteiger partial charge in [0.15, 0.2) is 5.82 Å². The van der Waals surface area contributed by atoms with E-state index < -0.39 is 0 Å². The number of aromatic nitrogens is 3. The SMILES string of the molecule is CC(C)(C)CC(C)(C)NC(=O)CSc1nnc(Cc2cccc3ccccc23)n1N. The lowest BCUT2D eigenvalue weighted by molar-refractivity contribution is -0.120. The number of fused-ring (bicyclic) bond motifs is 1. The Morgan fingerprint density at radius 2 is 1.77 bits per heavy atom. The van der Waals surface area contributed by atoms with Crippen LogP contribution in [-0.4, -0.2) is 32.1 Å². The Hall–Kier alpha value is -2.54. The summed E-state index contributed by atoms with van der Waals surface area (Å²) in [5, 5.41) is 14.5. The molecule has 1 heterocycles. The van der Waals surface area contributed by atoms with Crippen LogP contribution in [0, 0.1) is 5.41 Å². The summed E-state index contributed by atoms with van der Waals surface area (Å²) < 4.78 is 1.49. The maximum atomic E-state index is 12.4. The molecule has 0 unspecified atom stereocenters. The molecule has 0 aliphatic heterocycles. The third kappa shape index (κ3) is 5.75. The maximum Gasteiger partial charge on any atom is 0.230 e. The van der Waals surface area contributed by atoms with Crippen LogP contribution in [0.2, 0.25) is 0 Å². The molecule has 7 heteroatoms. The molecule has 6 nitrogen and oxygen atoms in total. The molecule has 3 rings (SSSR count). The zero-order valence-corrected chi connectivity index (χ0v) is 19.2. The molecular weight excluding hydrogens is 394 g/mol. The summed E-state index contributed by atoms with van der Waals surface area (Å²) in [5.41, 5.74) is 1.01. The molecule has 0 atom stereocenters. The first kappa shape index (κ1) is 22.2. The van der Waals surface area contributed by atoms with Crippen molar-refractivity contribution in [3.05, 3.63) is 53.9 Å². The lowest BCUT2D eigenvalue weighted by Gasteiger charge is -2.33. The smallest absolute Gasteiger partial charge is 0.230 e. The van der Waals surface area contributed by atoms with Gasteiger partial charge < -0.3 is 11.2 Å². The standard InChI is InChI=1S/C23H31N5OS/c1-22(2,3)15-23(4,5)25-20(29)14-30-21-27-26-19(28(21)24)13-17-11-8-10-16-9-6-7-12-18(16)17/h6-12H,13-15,24H2,1-5H3,(H,25,29). The number of rotatable bonds is 7. The zero-order chi connectivity index (χ0) is 21.9. The summed E-state index contributed by atoms with van der Waals surface area (Å²) in [6, 6.07) is 14.4. The van der Waals surface area contributed by atoms with E-state index in [-0.39, 0.29) is 22.6 Å². The molecular formula is C23H31N5OS. The van der Waals surface area contributed by atoms with Gasteiger partial charge in [-0.15, -0.1) is 10.2 Å². The van der Waals surface area contributed by atoms with Crippen LogP contribution in [0.15, 0.2) is 47.6 Å². The van der Waals surface area contributed by atoms with Crippen molar-refractivity contribution >= 4 is 28.4 Å². The molecule has 0 aliphatic carbocycles. The first-order valence-electron chi connectivity index (χ1n) is 10.1. The second-order valence-electron chi connectivity index (χ2n) is 9.54. The van der Waals surface area contributed by atoms with Gasteiger partial charge in [-0.2, -0.15) is 0 Å². The molecule has 160 valence electrons. The monoisotopic (exact) mass is 425 g/mol.